The molecule has 1 aromatic heterocycles. The lowest BCUT2D eigenvalue weighted by molar-refractivity contribution is 0.0367. The summed E-state index contributed by atoms with van der Waals surface area (Å²) in [7, 11) is 1.75. The molecule has 11 heteroatoms. The van der Waals surface area contributed by atoms with Crippen molar-refractivity contribution >= 4 is 34.9 Å². The van der Waals surface area contributed by atoms with Crippen LogP contribution in [0.25, 0.3) is 10.6 Å². The average Bonchev–Trinajstić information content (AvgIpc) is 3.58. The van der Waals surface area contributed by atoms with Gasteiger partial charge in [0, 0.05) is 48.3 Å². The molecule has 0 unspecified atom stereocenters. The number of aliphatic hydroxyl groups is 1. The van der Waals surface area contributed by atoms with Gasteiger partial charge in [0.25, 0.3) is 11.8 Å². The summed E-state index contributed by atoms with van der Waals surface area (Å²) in [6.07, 6.45) is 6.65. The van der Waals surface area contributed by atoms with Crippen molar-refractivity contribution in [2.45, 2.75) is 64.1 Å². The highest BCUT2D eigenvalue weighted by atomic mass is 32.1. The van der Waals surface area contributed by atoms with Gasteiger partial charge in [0.1, 0.15) is 11.1 Å². The number of carbonyl (C=O) groups is 3. The van der Waals surface area contributed by atoms with Crippen molar-refractivity contribution in [2.24, 2.45) is 5.92 Å². The molecule has 1 aliphatic heterocycles. The molecule has 1 aliphatic carbocycles. The quantitative estimate of drug-likeness (QED) is 0.316. The number of amides is 4. The molecule has 10 nitrogen and oxygen atoms in total. The van der Waals surface area contributed by atoms with Crippen LogP contribution in [0.2, 0.25) is 0 Å². The minimum Gasteiger partial charge on any atom is -0.485 e. The summed E-state index contributed by atoms with van der Waals surface area (Å²) >= 11 is 1.52. The van der Waals surface area contributed by atoms with Crippen molar-refractivity contribution in [3.05, 3.63) is 65.2 Å². The SMILES string of the molecule is C[C@@H]1CN([C@@H](C)CO)C(=O)c2cccc(NC(=O)c3ccc(-c4nccs4)cc3)c2O[C@@H]1CN(C)C(=O)NC1CCCCC1. The monoisotopic (exact) mass is 619 g/mol. The molecule has 3 aromatic rings. The van der Waals surface area contributed by atoms with E-state index in [1.165, 1.54) is 17.8 Å². The molecule has 0 bridgehead atoms. The van der Waals surface area contributed by atoms with Gasteiger partial charge in [-0.05, 0) is 44.0 Å². The third-order valence-electron chi connectivity index (χ3n) is 8.50. The number of hydrogen-bond donors (Lipinski definition) is 3. The third-order valence-corrected chi connectivity index (χ3v) is 9.32. The molecular formula is C33H41N5O5S. The van der Waals surface area contributed by atoms with Gasteiger partial charge in [0.15, 0.2) is 5.75 Å². The van der Waals surface area contributed by atoms with Crippen molar-refractivity contribution in [2.75, 3.05) is 32.1 Å². The number of nitrogens with one attached hydrogen (secondary N) is 2. The van der Waals surface area contributed by atoms with Crippen molar-refractivity contribution in [1.29, 1.82) is 0 Å². The number of nitrogens with zero attached hydrogens (tertiary/aromatic N) is 3. The van der Waals surface area contributed by atoms with Crippen molar-refractivity contribution in [3.63, 3.8) is 0 Å². The molecule has 1 fully saturated rings. The lowest BCUT2D eigenvalue weighted by Crippen LogP contribution is -2.52. The van der Waals surface area contributed by atoms with E-state index in [1.807, 2.05) is 24.4 Å². The first kappa shape index (κ1) is 31.5. The summed E-state index contributed by atoms with van der Waals surface area (Å²) in [4.78, 5) is 47.9. The third kappa shape index (κ3) is 7.22. The van der Waals surface area contributed by atoms with E-state index in [1.54, 1.807) is 60.3 Å². The van der Waals surface area contributed by atoms with Gasteiger partial charge in [0.2, 0.25) is 0 Å². The van der Waals surface area contributed by atoms with Crippen LogP contribution in [-0.2, 0) is 0 Å². The first-order valence-electron chi connectivity index (χ1n) is 15.3. The van der Waals surface area contributed by atoms with E-state index in [2.05, 4.69) is 15.6 Å². The number of ether oxygens (including phenoxy) is 1. The van der Waals surface area contributed by atoms with Crippen LogP contribution in [0.15, 0.2) is 54.0 Å². The lowest BCUT2D eigenvalue weighted by Gasteiger charge is -2.38. The minimum atomic E-state index is -0.493. The molecule has 2 aromatic carbocycles. The Balaban J connectivity index is 1.40. The molecular weight excluding hydrogens is 578 g/mol. The van der Waals surface area contributed by atoms with Gasteiger partial charge in [-0.25, -0.2) is 9.78 Å². The summed E-state index contributed by atoms with van der Waals surface area (Å²) in [6.45, 7) is 4.18. The van der Waals surface area contributed by atoms with E-state index in [9.17, 15) is 19.5 Å². The van der Waals surface area contributed by atoms with E-state index in [-0.39, 0.29) is 54.3 Å². The molecule has 0 saturated heterocycles. The molecule has 1 saturated carbocycles. The molecule has 3 N–H and O–H groups in total. The number of likely N-dealkylation sites (N-methyl/N-ethyl adjacent to an activating group) is 1. The number of hydrogen-bond acceptors (Lipinski definition) is 7. The van der Waals surface area contributed by atoms with Gasteiger partial charge < -0.3 is 30.3 Å². The van der Waals surface area contributed by atoms with Crippen LogP contribution in [0, 0.1) is 5.92 Å². The molecule has 4 amide bonds. The van der Waals surface area contributed by atoms with Crippen LogP contribution in [0.3, 0.4) is 0 Å². The van der Waals surface area contributed by atoms with Crippen LogP contribution >= 0.6 is 11.3 Å². The summed E-state index contributed by atoms with van der Waals surface area (Å²) in [5.74, 6) is -0.582. The zero-order valence-corrected chi connectivity index (χ0v) is 26.3. The highest BCUT2D eigenvalue weighted by Crippen LogP contribution is 2.35. The number of fused-ring (bicyclic) bond motifs is 1. The van der Waals surface area contributed by atoms with E-state index in [0.29, 0.717) is 17.8 Å². The molecule has 2 heterocycles. The van der Waals surface area contributed by atoms with Crippen molar-refractivity contribution in [1.82, 2.24) is 20.1 Å². The highest BCUT2D eigenvalue weighted by Gasteiger charge is 2.35. The van der Waals surface area contributed by atoms with Crippen LogP contribution in [0.5, 0.6) is 5.75 Å². The summed E-state index contributed by atoms with van der Waals surface area (Å²) in [5.41, 5.74) is 2.00. The van der Waals surface area contributed by atoms with Gasteiger partial charge in [-0.1, -0.05) is 44.4 Å². The number of para-hydroxylation sites is 1. The zero-order chi connectivity index (χ0) is 31.2. The Morgan fingerprint density at radius 2 is 1.91 bits per heavy atom. The Bertz CT molecular complexity index is 1440. The largest absolute Gasteiger partial charge is 0.485 e. The Morgan fingerprint density at radius 1 is 1.16 bits per heavy atom. The highest BCUT2D eigenvalue weighted by molar-refractivity contribution is 7.13. The van der Waals surface area contributed by atoms with Crippen LogP contribution in [-0.4, -0.2) is 82.7 Å². The molecule has 0 radical (unpaired) electrons. The number of thiazole rings is 1. The number of urea groups is 1. The summed E-state index contributed by atoms with van der Waals surface area (Å²) < 4.78 is 6.57. The number of aromatic nitrogens is 1. The van der Waals surface area contributed by atoms with Gasteiger partial charge >= 0.3 is 6.03 Å². The maximum atomic E-state index is 13.8. The van der Waals surface area contributed by atoms with Gasteiger partial charge in [-0.15, -0.1) is 11.3 Å². The van der Waals surface area contributed by atoms with Crippen molar-refractivity contribution in [3.8, 4) is 16.3 Å². The minimum absolute atomic E-state index is 0.158. The first-order valence-corrected chi connectivity index (χ1v) is 16.2. The van der Waals surface area contributed by atoms with E-state index in [4.69, 9.17) is 4.74 Å². The molecule has 2 aliphatic rings. The Kier molecular flexibility index (Phi) is 10.2. The maximum absolute atomic E-state index is 13.8. The van der Waals surface area contributed by atoms with Gasteiger partial charge in [-0.3, -0.25) is 9.59 Å². The second-order valence-electron chi connectivity index (χ2n) is 11.8. The predicted octanol–water partition coefficient (Wildman–Crippen LogP) is 5.26. The van der Waals surface area contributed by atoms with E-state index < -0.39 is 12.1 Å². The Morgan fingerprint density at radius 3 is 2.59 bits per heavy atom. The first-order chi connectivity index (χ1) is 21.2. The Labute approximate surface area is 262 Å². The standard InChI is InChI=1S/C33H41N5O5S/c1-21-18-38(22(2)20-39)32(41)26-10-7-11-27(36-30(40)23-12-14-24(15-13-23)31-34-16-17-44-31)29(26)43-28(21)19-37(3)33(42)35-25-8-5-4-6-9-25/h7,10-17,21-22,25,28,39H,4-6,8-9,18-20H2,1-3H3,(H,35,42)(H,36,40)/t21-,22+,28-/m1/s1. The molecule has 0 spiro atoms. The molecule has 44 heavy (non-hydrogen) atoms. The van der Waals surface area contributed by atoms with E-state index >= 15 is 0 Å². The van der Waals surface area contributed by atoms with Gasteiger partial charge in [-0.2, -0.15) is 0 Å². The number of anilines is 1. The zero-order valence-electron chi connectivity index (χ0n) is 25.5. The van der Waals surface area contributed by atoms with Gasteiger partial charge in [0.05, 0.1) is 30.4 Å². The van der Waals surface area contributed by atoms with Crippen LogP contribution < -0.4 is 15.4 Å². The summed E-state index contributed by atoms with van der Waals surface area (Å²) in [6, 6.07) is 11.8. The topological polar surface area (TPSA) is 124 Å². The van der Waals surface area contributed by atoms with Crippen molar-refractivity contribution < 1.29 is 24.2 Å². The fourth-order valence-electron chi connectivity index (χ4n) is 5.77. The molecule has 3 atom stereocenters. The second-order valence-corrected chi connectivity index (χ2v) is 12.7. The van der Waals surface area contributed by atoms with Crippen LogP contribution in [0.4, 0.5) is 10.5 Å². The predicted molar refractivity (Wildman–Crippen MR) is 171 cm³/mol. The van der Waals surface area contributed by atoms with E-state index in [0.717, 1.165) is 36.3 Å². The molecule has 5 rings (SSSR count). The normalized spacial score (nSPS) is 19.6. The maximum Gasteiger partial charge on any atom is 0.317 e. The summed E-state index contributed by atoms with van der Waals surface area (Å²) in [5, 5.41) is 18.8. The number of rotatable bonds is 8. The Hall–Kier alpha value is -3.96. The van der Waals surface area contributed by atoms with Crippen LogP contribution in [0.1, 0.15) is 66.7 Å². The lowest BCUT2D eigenvalue weighted by atomic mass is 9.96. The average molecular weight is 620 g/mol. The number of carbonyl (C=O) groups excluding carboxylic acids is 3. The number of aliphatic hydroxyl groups excluding tert-OH is 1. The fraction of sp³-hybridized carbons (Fsp3) is 0.455. The second kappa shape index (κ2) is 14.2. The smallest absolute Gasteiger partial charge is 0.317 e. The number of benzene rings is 2. The fourth-order valence-corrected chi connectivity index (χ4v) is 6.41. The molecule has 234 valence electrons.